The highest BCUT2D eigenvalue weighted by Crippen LogP contribution is 1.82. The van der Waals surface area contributed by atoms with E-state index in [1.165, 1.54) is 24.5 Å². The van der Waals surface area contributed by atoms with Crippen LogP contribution in [0.3, 0.4) is 0 Å². The molecule has 2 heterocycles. The summed E-state index contributed by atoms with van der Waals surface area (Å²) >= 11 is 0. The molecule has 0 aliphatic carbocycles. The molecule has 0 aliphatic rings. The molecule has 2 aromatic rings. The molecule has 0 saturated heterocycles. The number of nitrogens with zero attached hydrogens (tertiary/aromatic N) is 1. The third kappa shape index (κ3) is 6.71. The predicted octanol–water partition coefficient (Wildman–Crippen LogP) is -2.25. The molecule has 0 radical (unpaired) electrons. The molecule has 0 saturated carbocycles. The van der Waals surface area contributed by atoms with Crippen molar-refractivity contribution >= 4 is 5.82 Å². The van der Waals surface area contributed by atoms with E-state index in [4.69, 9.17) is 5.73 Å². The molecular formula is C8H14N6O4. The van der Waals surface area contributed by atoms with E-state index < -0.39 is 11.4 Å². The van der Waals surface area contributed by atoms with Crippen LogP contribution in [0, 0.1) is 0 Å². The largest absolute Gasteiger partial charge is 0.412 e. The molecule has 0 aromatic carbocycles. The van der Waals surface area contributed by atoms with Crippen molar-refractivity contribution in [2.24, 2.45) is 0 Å². The van der Waals surface area contributed by atoms with Crippen LogP contribution in [0.2, 0.25) is 0 Å². The molecule has 2 rings (SSSR count). The minimum atomic E-state index is -0.475. The molecule has 0 atom stereocenters. The third-order valence-electron chi connectivity index (χ3n) is 1.38. The smallest absolute Gasteiger partial charge is 0.346 e. The van der Waals surface area contributed by atoms with Crippen LogP contribution in [0.4, 0.5) is 5.82 Å². The number of rotatable bonds is 0. The van der Waals surface area contributed by atoms with Crippen molar-refractivity contribution in [1.29, 1.82) is 0 Å². The zero-order valence-corrected chi connectivity index (χ0v) is 9.27. The molecule has 100 valence electrons. The minimum absolute atomic E-state index is 0. The highest BCUT2D eigenvalue weighted by Gasteiger charge is 1.81. The van der Waals surface area contributed by atoms with Gasteiger partial charge in [0.15, 0.2) is 0 Å². The van der Waals surface area contributed by atoms with E-state index >= 15 is 0 Å². The SMILES string of the molecule is N.Nc1ccnc(=O)[nH]1.O.O=c1cc[nH]c(=O)[nH]1. The van der Waals surface area contributed by atoms with Crippen LogP contribution in [-0.2, 0) is 0 Å². The second-order valence-corrected chi connectivity index (χ2v) is 2.63. The summed E-state index contributed by atoms with van der Waals surface area (Å²) in [4.78, 5) is 40.5. The van der Waals surface area contributed by atoms with Crippen molar-refractivity contribution in [3.05, 3.63) is 55.8 Å². The van der Waals surface area contributed by atoms with Crippen molar-refractivity contribution in [2.75, 3.05) is 5.73 Å². The Balaban J connectivity index is 0. The van der Waals surface area contributed by atoms with Crippen LogP contribution in [0.5, 0.6) is 0 Å². The van der Waals surface area contributed by atoms with Gasteiger partial charge in [0.2, 0.25) is 0 Å². The highest BCUT2D eigenvalue weighted by molar-refractivity contribution is 5.22. The average Bonchev–Trinajstić information content (AvgIpc) is 2.17. The topological polar surface area (TPSA) is 204 Å². The number of hydrogen-bond acceptors (Lipinski definition) is 6. The first-order valence-electron chi connectivity index (χ1n) is 4.17. The van der Waals surface area contributed by atoms with Gasteiger partial charge >= 0.3 is 11.4 Å². The summed E-state index contributed by atoms with van der Waals surface area (Å²) in [6, 6.07) is 2.75. The minimum Gasteiger partial charge on any atom is -0.412 e. The van der Waals surface area contributed by atoms with Crippen LogP contribution in [0.1, 0.15) is 0 Å². The van der Waals surface area contributed by atoms with Crippen LogP contribution in [-0.4, -0.2) is 25.4 Å². The molecule has 0 fully saturated rings. The predicted molar refractivity (Wildman–Crippen MR) is 65.6 cm³/mol. The number of H-pyrrole nitrogens is 3. The maximum Gasteiger partial charge on any atom is 0.346 e. The zero-order chi connectivity index (χ0) is 12.0. The summed E-state index contributed by atoms with van der Waals surface area (Å²) in [5.41, 5.74) is 3.90. The second-order valence-electron chi connectivity index (χ2n) is 2.63. The van der Waals surface area contributed by atoms with E-state index in [9.17, 15) is 14.4 Å². The molecule has 0 spiro atoms. The summed E-state index contributed by atoms with van der Waals surface area (Å²) in [5.74, 6) is 0.338. The van der Waals surface area contributed by atoms with E-state index in [0.717, 1.165) is 0 Å². The van der Waals surface area contributed by atoms with E-state index in [0.29, 0.717) is 5.82 Å². The normalized spacial score (nSPS) is 8.00. The Hall–Kier alpha value is -2.72. The van der Waals surface area contributed by atoms with Gasteiger partial charge in [0.25, 0.3) is 5.56 Å². The van der Waals surface area contributed by atoms with Gasteiger partial charge in [0.1, 0.15) is 5.82 Å². The van der Waals surface area contributed by atoms with E-state index in [1.54, 1.807) is 0 Å². The van der Waals surface area contributed by atoms with Crippen LogP contribution < -0.4 is 28.8 Å². The van der Waals surface area contributed by atoms with E-state index in [1.807, 2.05) is 4.98 Å². The lowest BCUT2D eigenvalue weighted by Gasteiger charge is -1.84. The van der Waals surface area contributed by atoms with Gasteiger partial charge in [-0.1, -0.05) is 0 Å². The fraction of sp³-hybridized carbons (Fsp3) is 0. The Morgan fingerprint density at radius 2 is 1.78 bits per heavy atom. The van der Waals surface area contributed by atoms with Crippen LogP contribution >= 0.6 is 0 Å². The van der Waals surface area contributed by atoms with Gasteiger partial charge in [-0.15, -0.1) is 0 Å². The lowest BCUT2D eigenvalue weighted by molar-refractivity contribution is 0.824. The Kier molecular flexibility index (Phi) is 8.28. The van der Waals surface area contributed by atoms with Crippen molar-refractivity contribution in [1.82, 2.24) is 26.1 Å². The summed E-state index contributed by atoms with van der Waals surface area (Å²) in [5, 5.41) is 0. The highest BCUT2D eigenvalue weighted by atomic mass is 16.2. The standard InChI is InChI=1S/C4H5N3O.C4H4N2O2.H3N.H2O/c5-3-1-2-6-4(8)7-3;7-3-1-2-5-4(8)6-3;;/h1-2H,(H3,5,6,7,8);1-2H,(H2,5,6,7,8);1H3;1H2. The number of aromatic nitrogens is 4. The quantitative estimate of drug-likeness (QED) is 0.352. The fourth-order valence-electron chi connectivity index (χ4n) is 0.765. The van der Waals surface area contributed by atoms with Gasteiger partial charge in [0.05, 0.1) is 0 Å². The molecule has 0 unspecified atom stereocenters. The number of nitrogens with two attached hydrogens (primary N) is 1. The van der Waals surface area contributed by atoms with Crippen molar-refractivity contribution in [3.8, 4) is 0 Å². The lowest BCUT2D eigenvalue weighted by Crippen LogP contribution is -2.19. The summed E-state index contributed by atoms with van der Waals surface area (Å²) in [6.45, 7) is 0. The van der Waals surface area contributed by atoms with Crippen LogP contribution in [0.25, 0.3) is 0 Å². The van der Waals surface area contributed by atoms with Gasteiger partial charge in [-0.05, 0) is 6.07 Å². The van der Waals surface area contributed by atoms with Gasteiger partial charge < -0.3 is 22.3 Å². The van der Waals surface area contributed by atoms with Crippen molar-refractivity contribution in [3.63, 3.8) is 0 Å². The molecule has 10 nitrogen and oxygen atoms in total. The first kappa shape index (κ1) is 17.7. The summed E-state index contributed by atoms with van der Waals surface area (Å²) in [7, 11) is 0. The van der Waals surface area contributed by atoms with Crippen molar-refractivity contribution < 1.29 is 5.48 Å². The second kappa shape index (κ2) is 8.43. The lowest BCUT2D eigenvalue weighted by atomic mass is 10.6. The molecular weight excluding hydrogens is 244 g/mol. The Morgan fingerprint density at radius 1 is 1.11 bits per heavy atom. The van der Waals surface area contributed by atoms with Crippen molar-refractivity contribution in [2.45, 2.75) is 0 Å². The fourth-order valence-corrected chi connectivity index (χ4v) is 0.765. The van der Waals surface area contributed by atoms with Crippen LogP contribution in [0.15, 0.2) is 38.9 Å². The number of anilines is 1. The summed E-state index contributed by atoms with van der Waals surface area (Å²) in [6.07, 6.45) is 2.65. The number of nitrogen functional groups attached to an aromatic ring is 1. The molecule has 0 bridgehead atoms. The number of nitrogens with one attached hydrogen (secondary N) is 3. The third-order valence-corrected chi connectivity index (χ3v) is 1.38. The molecule has 18 heavy (non-hydrogen) atoms. The van der Waals surface area contributed by atoms with E-state index in [2.05, 4.69) is 15.0 Å². The van der Waals surface area contributed by atoms with Gasteiger partial charge in [0, 0.05) is 18.5 Å². The summed E-state index contributed by atoms with van der Waals surface area (Å²) < 4.78 is 0. The van der Waals surface area contributed by atoms with Gasteiger partial charge in [-0.2, -0.15) is 0 Å². The zero-order valence-electron chi connectivity index (χ0n) is 9.27. The molecule has 2 aromatic heterocycles. The van der Waals surface area contributed by atoms with Gasteiger partial charge in [-0.3, -0.25) is 14.8 Å². The maximum atomic E-state index is 10.2. The Morgan fingerprint density at radius 3 is 2.11 bits per heavy atom. The maximum absolute atomic E-state index is 10.2. The van der Waals surface area contributed by atoms with Gasteiger partial charge in [-0.25, -0.2) is 14.6 Å². The monoisotopic (exact) mass is 258 g/mol. The Labute approximate surface area is 99.8 Å². The van der Waals surface area contributed by atoms with E-state index in [-0.39, 0.29) is 17.2 Å². The number of hydrogen-bond donors (Lipinski definition) is 5. The number of aromatic amines is 3. The average molecular weight is 258 g/mol. The first-order valence-corrected chi connectivity index (χ1v) is 4.17. The molecule has 10 N–H and O–H groups in total. The first-order chi connectivity index (χ1) is 7.58. The molecule has 0 aliphatic heterocycles. The Bertz CT molecular complexity index is 590. The molecule has 0 amide bonds. The molecule has 10 heteroatoms.